The van der Waals surface area contributed by atoms with Crippen molar-refractivity contribution in [2.24, 2.45) is 0 Å². The molecule has 0 bridgehead atoms. The number of benzene rings is 1. The zero-order chi connectivity index (χ0) is 18.1. The van der Waals surface area contributed by atoms with Crippen molar-refractivity contribution in [3.05, 3.63) is 63.5 Å². The molecule has 6 nitrogen and oxygen atoms in total. The van der Waals surface area contributed by atoms with Crippen LogP contribution in [-0.4, -0.2) is 37.0 Å². The highest BCUT2D eigenvalue weighted by molar-refractivity contribution is 7.10. The molecule has 7 heteroatoms. The third-order valence-electron chi connectivity index (χ3n) is 4.68. The third-order valence-corrected chi connectivity index (χ3v) is 5.61. The van der Waals surface area contributed by atoms with E-state index in [9.17, 15) is 9.59 Å². The number of ether oxygens (including phenoxy) is 1. The molecular weight excluding hydrogens is 350 g/mol. The van der Waals surface area contributed by atoms with Crippen LogP contribution in [0.3, 0.4) is 0 Å². The molecule has 134 valence electrons. The van der Waals surface area contributed by atoms with E-state index < -0.39 is 0 Å². The Kier molecular flexibility index (Phi) is 4.38. The van der Waals surface area contributed by atoms with Crippen molar-refractivity contribution in [2.75, 3.05) is 20.2 Å². The Morgan fingerprint density at radius 1 is 1.23 bits per heavy atom. The van der Waals surface area contributed by atoms with Crippen LogP contribution in [0.5, 0.6) is 5.75 Å². The summed E-state index contributed by atoms with van der Waals surface area (Å²) in [6.07, 6.45) is 0.751. The van der Waals surface area contributed by atoms with E-state index in [4.69, 9.17) is 4.74 Å². The molecule has 2 aromatic rings. The van der Waals surface area contributed by atoms with E-state index in [0.29, 0.717) is 24.4 Å². The van der Waals surface area contributed by atoms with Gasteiger partial charge in [0.15, 0.2) is 0 Å². The SMILES string of the molecule is COc1ccc(CCN2CC3=C(C2=O)C(c2cccs2)NC(=O)N3)cc1. The molecule has 1 aromatic carbocycles. The number of carbonyl (C=O) groups excluding carboxylic acids is 2. The molecule has 2 aliphatic rings. The van der Waals surface area contributed by atoms with Crippen molar-refractivity contribution < 1.29 is 14.3 Å². The van der Waals surface area contributed by atoms with Gasteiger partial charge in [-0.15, -0.1) is 11.3 Å². The Labute approximate surface area is 155 Å². The molecule has 1 aromatic heterocycles. The standard InChI is InChI=1S/C19H19N3O3S/c1-25-13-6-4-12(5-7-13)8-9-22-11-14-16(18(22)23)17(21-19(24)20-14)15-3-2-10-26-15/h2-7,10,17H,8-9,11H2,1H3,(H2,20,21,24). The molecule has 0 spiro atoms. The first-order valence-electron chi connectivity index (χ1n) is 8.42. The molecule has 1 atom stereocenters. The van der Waals surface area contributed by atoms with Crippen molar-refractivity contribution in [3.8, 4) is 5.75 Å². The first kappa shape index (κ1) is 16.7. The summed E-state index contributed by atoms with van der Waals surface area (Å²) < 4.78 is 5.17. The number of nitrogens with one attached hydrogen (secondary N) is 2. The first-order chi connectivity index (χ1) is 12.7. The van der Waals surface area contributed by atoms with E-state index in [-0.39, 0.29) is 18.0 Å². The Morgan fingerprint density at radius 3 is 2.73 bits per heavy atom. The van der Waals surface area contributed by atoms with E-state index in [1.807, 2.05) is 41.8 Å². The fourth-order valence-corrected chi connectivity index (χ4v) is 4.12. The highest BCUT2D eigenvalue weighted by Gasteiger charge is 2.40. The number of urea groups is 1. The molecule has 2 N–H and O–H groups in total. The second-order valence-electron chi connectivity index (χ2n) is 6.26. The number of amides is 3. The van der Waals surface area contributed by atoms with Gasteiger partial charge in [0.25, 0.3) is 5.91 Å². The van der Waals surface area contributed by atoms with Gasteiger partial charge in [-0.25, -0.2) is 4.79 Å². The van der Waals surface area contributed by atoms with E-state index in [1.54, 1.807) is 12.0 Å². The molecule has 3 amide bonds. The molecule has 0 radical (unpaired) electrons. The molecule has 0 aliphatic carbocycles. The van der Waals surface area contributed by atoms with Gasteiger partial charge < -0.3 is 20.3 Å². The summed E-state index contributed by atoms with van der Waals surface area (Å²) in [5.41, 5.74) is 2.51. The van der Waals surface area contributed by atoms with Crippen LogP contribution >= 0.6 is 11.3 Å². The zero-order valence-corrected chi connectivity index (χ0v) is 15.1. The number of nitrogens with zero attached hydrogens (tertiary/aromatic N) is 1. The van der Waals surface area contributed by atoms with E-state index in [2.05, 4.69) is 10.6 Å². The van der Waals surface area contributed by atoms with Crippen LogP contribution < -0.4 is 15.4 Å². The lowest BCUT2D eigenvalue weighted by Crippen LogP contribution is -2.44. The predicted octanol–water partition coefficient (Wildman–Crippen LogP) is 2.45. The lowest BCUT2D eigenvalue weighted by molar-refractivity contribution is -0.125. The molecule has 0 saturated carbocycles. The molecule has 26 heavy (non-hydrogen) atoms. The quantitative estimate of drug-likeness (QED) is 0.850. The number of hydrogen-bond acceptors (Lipinski definition) is 4. The molecular formula is C19H19N3O3S. The maximum absolute atomic E-state index is 12.9. The summed E-state index contributed by atoms with van der Waals surface area (Å²) in [6.45, 7) is 1.05. The summed E-state index contributed by atoms with van der Waals surface area (Å²) in [5, 5.41) is 7.62. The Hall–Kier alpha value is -2.80. The normalized spacial score (nSPS) is 19.3. The topological polar surface area (TPSA) is 70.7 Å². The summed E-state index contributed by atoms with van der Waals surface area (Å²) in [4.78, 5) is 27.7. The number of carbonyl (C=O) groups is 2. The second kappa shape index (κ2) is 6.84. The summed E-state index contributed by atoms with van der Waals surface area (Å²) in [5.74, 6) is 0.801. The highest BCUT2D eigenvalue weighted by Crippen LogP contribution is 2.34. The van der Waals surface area contributed by atoms with Gasteiger partial charge in [0, 0.05) is 11.4 Å². The fourth-order valence-electron chi connectivity index (χ4n) is 3.33. The highest BCUT2D eigenvalue weighted by atomic mass is 32.1. The van der Waals surface area contributed by atoms with Gasteiger partial charge in [-0.1, -0.05) is 18.2 Å². The van der Waals surface area contributed by atoms with Crippen LogP contribution in [-0.2, 0) is 11.2 Å². The van der Waals surface area contributed by atoms with Crippen LogP contribution in [0.2, 0.25) is 0 Å². The van der Waals surface area contributed by atoms with Gasteiger partial charge in [-0.3, -0.25) is 4.79 Å². The molecule has 0 saturated heterocycles. The molecule has 1 unspecified atom stereocenters. The molecule has 2 aliphatic heterocycles. The second-order valence-corrected chi connectivity index (χ2v) is 7.24. The van der Waals surface area contributed by atoms with Gasteiger partial charge in [-0.2, -0.15) is 0 Å². The fraction of sp³-hybridized carbons (Fsp3) is 0.263. The number of rotatable bonds is 5. The molecule has 0 fully saturated rings. The van der Waals surface area contributed by atoms with E-state index in [1.165, 1.54) is 11.3 Å². The maximum Gasteiger partial charge on any atom is 0.319 e. The van der Waals surface area contributed by atoms with Crippen molar-refractivity contribution in [1.29, 1.82) is 0 Å². The number of hydrogen-bond donors (Lipinski definition) is 2. The number of thiophene rings is 1. The van der Waals surface area contributed by atoms with E-state index in [0.717, 1.165) is 22.6 Å². The first-order valence-corrected chi connectivity index (χ1v) is 9.30. The largest absolute Gasteiger partial charge is 0.497 e. The van der Waals surface area contributed by atoms with Gasteiger partial charge in [0.2, 0.25) is 0 Å². The molecule has 4 rings (SSSR count). The Morgan fingerprint density at radius 2 is 2.04 bits per heavy atom. The summed E-state index contributed by atoms with van der Waals surface area (Å²) in [6, 6.07) is 11.1. The lowest BCUT2D eigenvalue weighted by atomic mass is 10.0. The Balaban J connectivity index is 1.48. The van der Waals surface area contributed by atoms with Crippen LogP contribution in [0.15, 0.2) is 53.0 Å². The van der Waals surface area contributed by atoms with Crippen LogP contribution in [0.1, 0.15) is 16.5 Å². The van der Waals surface area contributed by atoms with Crippen LogP contribution in [0.25, 0.3) is 0 Å². The minimum Gasteiger partial charge on any atom is -0.497 e. The Bertz CT molecular complexity index is 859. The van der Waals surface area contributed by atoms with Gasteiger partial charge >= 0.3 is 6.03 Å². The summed E-state index contributed by atoms with van der Waals surface area (Å²) >= 11 is 1.54. The van der Waals surface area contributed by atoms with Gasteiger partial charge in [0.05, 0.1) is 31.0 Å². The van der Waals surface area contributed by atoms with Gasteiger partial charge in [-0.05, 0) is 35.6 Å². The predicted molar refractivity (Wildman–Crippen MR) is 99.0 cm³/mol. The minimum atomic E-state index is -0.364. The van der Waals surface area contributed by atoms with Crippen LogP contribution in [0, 0.1) is 0 Å². The van der Waals surface area contributed by atoms with Gasteiger partial charge in [0.1, 0.15) is 5.75 Å². The van der Waals surface area contributed by atoms with Crippen LogP contribution in [0.4, 0.5) is 4.79 Å². The average molecular weight is 369 g/mol. The average Bonchev–Trinajstić information content (AvgIpc) is 3.28. The smallest absolute Gasteiger partial charge is 0.319 e. The monoisotopic (exact) mass is 369 g/mol. The molecule has 3 heterocycles. The zero-order valence-electron chi connectivity index (χ0n) is 14.3. The number of methoxy groups -OCH3 is 1. The lowest BCUT2D eigenvalue weighted by Gasteiger charge is -2.24. The summed E-state index contributed by atoms with van der Waals surface area (Å²) in [7, 11) is 1.64. The van der Waals surface area contributed by atoms with Crippen molar-refractivity contribution in [1.82, 2.24) is 15.5 Å². The van der Waals surface area contributed by atoms with Crippen molar-refractivity contribution in [3.63, 3.8) is 0 Å². The van der Waals surface area contributed by atoms with Crippen molar-refractivity contribution in [2.45, 2.75) is 12.5 Å². The minimum absolute atomic E-state index is 0.0144. The third kappa shape index (κ3) is 3.06. The van der Waals surface area contributed by atoms with E-state index >= 15 is 0 Å². The van der Waals surface area contributed by atoms with Crippen molar-refractivity contribution >= 4 is 23.3 Å². The maximum atomic E-state index is 12.9.